The Morgan fingerprint density at radius 3 is 2.67 bits per heavy atom. The number of piperidine rings is 1. The van der Waals surface area contributed by atoms with Crippen LogP contribution in [0.3, 0.4) is 0 Å². The fraction of sp³-hybridized carbons (Fsp3) is 0.667. The molecule has 1 saturated heterocycles. The van der Waals surface area contributed by atoms with Gasteiger partial charge in [0.25, 0.3) is 0 Å². The monoisotopic (exact) mass is 312 g/mol. The summed E-state index contributed by atoms with van der Waals surface area (Å²) >= 11 is 0. The smallest absolute Gasteiger partial charge is 0.180 e. The summed E-state index contributed by atoms with van der Waals surface area (Å²) in [5.74, 6) is -0.149. The van der Waals surface area contributed by atoms with Gasteiger partial charge in [-0.25, -0.2) is 8.42 Å². The van der Waals surface area contributed by atoms with Gasteiger partial charge in [-0.05, 0) is 51.9 Å². The van der Waals surface area contributed by atoms with Crippen LogP contribution in [0.25, 0.3) is 0 Å². The van der Waals surface area contributed by atoms with E-state index in [9.17, 15) is 13.2 Å². The van der Waals surface area contributed by atoms with E-state index in [0.29, 0.717) is 11.7 Å². The van der Waals surface area contributed by atoms with Gasteiger partial charge in [0.2, 0.25) is 0 Å². The molecule has 0 radical (unpaired) electrons. The van der Waals surface area contributed by atoms with E-state index in [1.54, 1.807) is 19.9 Å². The molecular weight excluding hydrogens is 288 g/mol. The Bertz CT molecular complexity index is 584. The van der Waals surface area contributed by atoms with Gasteiger partial charge in [0.05, 0.1) is 16.7 Å². The van der Waals surface area contributed by atoms with E-state index in [1.807, 2.05) is 16.8 Å². The minimum atomic E-state index is -3.16. The lowest BCUT2D eigenvalue weighted by molar-refractivity contribution is 0.0976. The molecule has 2 heterocycles. The molecule has 1 aliphatic heterocycles. The Hall–Kier alpha value is -1.14. The van der Waals surface area contributed by atoms with Crippen molar-refractivity contribution >= 4 is 15.6 Å². The zero-order chi connectivity index (χ0) is 15.5. The van der Waals surface area contributed by atoms with Crippen LogP contribution in [-0.4, -0.2) is 42.9 Å². The zero-order valence-corrected chi connectivity index (χ0v) is 13.5. The topological polar surface area (TPSA) is 68.2 Å². The van der Waals surface area contributed by atoms with Crippen molar-refractivity contribution in [3.05, 3.63) is 24.0 Å². The first kappa shape index (κ1) is 16.2. The third kappa shape index (κ3) is 3.95. The van der Waals surface area contributed by atoms with E-state index in [4.69, 9.17) is 0 Å². The van der Waals surface area contributed by atoms with E-state index < -0.39 is 15.1 Å². The molecule has 0 aliphatic carbocycles. The summed E-state index contributed by atoms with van der Waals surface area (Å²) in [5, 5.41) is 2.88. The Morgan fingerprint density at radius 2 is 2.05 bits per heavy atom. The van der Waals surface area contributed by atoms with Crippen molar-refractivity contribution in [2.24, 2.45) is 0 Å². The van der Waals surface area contributed by atoms with Crippen LogP contribution in [0, 0.1) is 0 Å². The van der Waals surface area contributed by atoms with Crippen LogP contribution in [0.15, 0.2) is 18.3 Å². The number of Topliss-reactive ketones (excluding diaryl/α,β-unsaturated/α-hetero) is 1. The second kappa shape index (κ2) is 6.75. The average molecular weight is 312 g/mol. The van der Waals surface area contributed by atoms with Crippen LogP contribution in [-0.2, 0) is 9.84 Å². The van der Waals surface area contributed by atoms with E-state index in [-0.39, 0.29) is 18.0 Å². The van der Waals surface area contributed by atoms with E-state index in [0.717, 1.165) is 25.9 Å². The van der Waals surface area contributed by atoms with Gasteiger partial charge in [-0.2, -0.15) is 0 Å². The van der Waals surface area contributed by atoms with Gasteiger partial charge in [-0.3, -0.25) is 4.79 Å². The second-order valence-electron chi connectivity index (χ2n) is 5.87. The summed E-state index contributed by atoms with van der Waals surface area (Å²) in [7, 11) is -3.16. The van der Waals surface area contributed by atoms with E-state index >= 15 is 0 Å². The van der Waals surface area contributed by atoms with Gasteiger partial charge in [0.1, 0.15) is 0 Å². The molecule has 118 valence electrons. The van der Waals surface area contributed by atoms with Gasteiger partial charge < -0.3 is 9.88 Å². The fourth-order valence-corrected chi connectivity index (χ4v) is 3.57. The number of carbonyl (C=O) groups excluding carboxylic acids is 1. The van der Waals surface area contributed by atoms with Crippen molar-refractivity contribution in [2.45, 2.75) is 44.4 Å². The van der Waals surface area contributed by atoms with Gasteiger partial charge in [-0.15, -0.1) is 0 Å². The van der Waals surface area contributed by atoms with E-state index in [2.05, 4.69) is 5.32 Å². The standard InChI is InChI=1S/C15H24N2O3S/c1-12(2)21(19,20)11-7-15(18)14-4-3-10-17(14)13-5-8-16-9-6-13/h3-4,10,12-13,16H,5-9,11H2,1-2H3. The van der Waals surface area contributed by atoms with Crippen LogP contribution in [0.1, 0.15) is 49.6 Å². The fourth-order valence-electron chi connectivity index (χ4n) is 2.63. The van der Waals surface area contributed by atoms with Crippen LogP contribution < -0.4 is 5.32 Å². The molecule has 0 atom stereocenters. The third-order valence-electron chi connectivity index (χ3n) is 4.10. The van der Waals surface area contributed by atoms with Crippen molar-refractivity contribution in [3.63, 3.8) is 0 Å². The molecule has 21 heavy (non-hydrogen) atoms. The lowest BCUT2D eigenvalue weighted by Crippen LogP contribution is -2.30. The molecule has 1 N–H and O–H groups in total. The minimum Gasteiger partial charge on any atom is -0.342 e. The number of rotatable bonds is 6. The Kier molecular flexibility index (Phi) is 5.22. The van der Waals surface area contributed by atoms with Gasteiger partial charge in [-0.1, -0.05) is 0 Å². The van der Waals surface area contributed by atoms with Crippen LogP contribution in [0.2, 0.25) is 0 Å². The molecule has 1 aromatic heterocycles. The highest BCUT2D eigenvalue weighted by molar-refractivity contribution is 7.91. The zero-order valence-electron chi connectivity index (χ0n) is 12.7. The molecule has 1 fully saturated rings. The first-order valence-corrected chi connectivity index (χ1v) is 9.25. The highest BCUT2D eigenvalue weighted by atomic mass is 32.2. The second-order valence-corrected chi connectivity index (χ2v) is 8.55. The van der Waals surface area contributed by atoms with Crippen molar-refractivity contribution < 1.29 is 13.2 Å². The van der Waals surface area contributed by atoms with Gasteiger partial charge in [0.15, 0.2) is 15.6 Å². The maximum Gasteiger partial charge on any atom is 0.180 e. The molecule has 6 heteroatoms. The number of aromatic nitrogens is 1. The number of sulfone groups is 1. The number of hydrogen-bond acceptors (Lipinski definition) is 4. The Morgan fingerprint density at radius 1 is 1.38 bits per heavy atom. The summed E-state index contributed by atoms with van der Waals surface area (Å²) in [6, 6.07) is 4.00. The summed E-state index contributed by atoms with van der Waals surface area (Å²) in [4.78, 5) is 12.3. The Labute approximate surface area is 126 Å². The van der Waals surface area contributed by atoms with Gasteiger partial charge >= 0.3 is 0 Å². The van der Waals surface area contributed by atoms with Crippen molar-refractivity contribution in [1.82, 2.24) is 9.88 Å². The number of nitrogens with one attached hydrogen (secondary N) is 1. The molecule has 0 bridgehead atoms. The third-order valence-corrected chi connectivity index (χ3v) is 6.31. The van der Waals surface area contributed by atoms with Crippen LogP contribution in [0.5, 0.6) is 0 Å². The number of ketones is 1. The molecule has 0 spiro atoms. The lowest BCUT2D eigenvalue weighted by atomic mass is 10.1. The maximum absolute atomic E-state index is 12.3. The van der Waals surface area contributed by atoms with Crippen molar-refractivity contribution in [2.75, 3.05) is 18.8 Å². The quantitative estimate of drug-likeness (QED) is 0.814. The molecule has 1 aliphatic rings. The average Bonchev–Trinajstić information content (AvgIpc) is 2.95. The first-order chi connectivity index (χ1) is 9.92. The summed E-state index contributed by atoms with van der Waals surface area (Å²) < 4.78 is 25.7. The van der Waals surface area contributed by atoms with Crippen LogP contribution in [0.4, 0.5) is 0 Å². The number of nitrogens with zero attached hydrogens (tertiary/aromatic N) is 1. The molecule has 0 saturated carbocycles. The van der Waals surface area contributed by atoms with Crippen LogP contribution >= 0.6 is 0 Å². The van der Waals surface area contributed by atoms with E-state index in [1.165, 1.54) is 0 Å². The summed E-state index contributed by atoms with van der Waals surface area (Å²) in [6.07, 6.45) is 3.99. The first-order valence-electron chi connectivity index (χ1n) is 7.54. The maximum atomic E-state index is 12.3. The predicted molar refractivity (Wildman–Crippen MR) is 83.4 cm³/mol. The molecule has 0 aromatic carbocycles. The highest BCUT2D eigenvalue weighted by Crippen LogP contribution is 2.22. The number of carbonyl (C=O) groups is 1. The molecule has 0 unspecified atom stereocenters. The SMILES string of the molecule is CC(C)S(=O)(=O)CCC(=O)c1cccn1C1CCNCC1. The summed E-state index contributed by atoms with van der Waals surface area (Å²) in [5.41, 5.74) is 0.640. The molecule has 2 rings (SSSR count). The van der Waals surface area contributed by atoms with Crippen molar-refractivity contribution in [1.29, 1.82) is 0 Å². The molecule has 1 aromatic rings. The molecular formula is C15H24N2O3S. The predicted octanol–water partition coefficient (Wildman–Crippen LogP) is 1.81. The van der Waals surface area contributed by atoms with Gasteiger partial charge in [0, 0.05) is 18.7 Å². The lowest BCUT2D eigenvalue weighted by Gasteiger charge is -2.25. The Balaban J connectivity index is 2.05. The minimum absolute atomic E-state index is 0.0650. The summed E-state index contributed by atoms with van der Waals surface area (Å²) in [6.45, 7) is 5.21. The highest BCUT2D eigenvalue weighted by Gasteiger charge is 2.22. The largest absolute Gasteiger partial charge is 0.342 e. The molecule has 5 nitrogen and oxygen atoms in total. The molecule has 0 amide bonds. The normalized spacial score (nSPS) is 17.3. The number of hydrogen-bond donors (Lipinski definition) is 1. The van der Waals surface area contributed by atoms with Crippen molar-refractivity contribution in [3.8, 4) is 0 Å².